The normalized spacial score (nSPS) is 31.8. The lowest BCUT2D eigenvalue weighted by molar-refractivity contribution is -0.214. The number of hydrogen-bond donors (Lipinski definition) is 10. The lowest BCUT2D eigenvalue weighted by atomic mass is 9.76. The molecule has 7 aliphatic rings. The van der Waals surface area contributed by atoms with Crippen LogP contribution in [0.1, 0.15) is 259 Å². The van der Waals surface area contributed by atoms with Gasteiger partial charge in [0.1, 0.15) is 57.6 Å². The number of esters is 2. The Bertz CT molecular complexity index is 4420. The number of aromatic nitrogens is 4. The van der Waals surface area contributed by atoms with E-state index in [0.29, 0.717) is 23.4 Å². The molecule has 11 N–H and O–H groups in total. The van der Waals surface area contributed by atoms with Gasteiger partial charge in [-0.25, -0.2) is 4.98 Å². The van der Waals surface area contributed by atoms with Crippen LogP contribution in [0.15, 0.2) is 6.33 Å². The number of nitrogens with zero attached hydrogens (tertiary/aromatic N) is 4. The van der Waals surface area contributed by atoms with E-state index in [9.17, 15) is 55.2 Å². The number of terminal acetylenes is 6. The van der Waals surface area contributed by atoms with Gasteiger partial charge in [0.05, 0.1) is 55.2 Å². The standard InChI is InChI=1S/C17H24ClN5O3.C13H24O4.2C11H22O3.2C9H18O5.C8H14O4.C7H4.C6H2.C5H4.C4H6.C3H4.C2H2.CH4/c1-6-17(7-2)9(3)16(5,25-10(4)24)14(26-17)23-8-20-11-12(18)21-15(19)22-13(11)23;1-7-13(8-2)9(3)12(5,16-10(4)14)11(15-6)17-13;1-6-11(7-2)8(3)10(4,12)9(13-5)14-11;1-6-7(2)9-8(3)11(4,12)10(13-5)14-9;1-6-8(2,12)7(13-3)14-9(6,4-10)5-11;1-5-7(6(11)4-10)14-8(13-3)9(5,2)12;1-5-6(4-9)12-7(11-3)8(5,2)10;1-3-5-7-6-4-2;1-3-5-6-4-2;1-3-5-4-2;1-3-4-2;1-3-2;1-2;/h8-9,14H,6-7H2,1-5H3,(H2,19,21,22);9,11H,7-8H2,1-6H3;8-9,12H,6-7H2,1-5H3;7-10,12H,6H2,1-5H3;6-7,10-12H,4-5H2,1-3H3;5-8,10-12H,4H2,1-3H3;4-7,10H,1-3H3;1H,2H3;1-2H;1H,2H3;1-2H3;1H,2H3;1-2H;1H4/t9-,14+,16+;9-,11-,12+;8-,9-,10-;7?,8-,9-,10+,11+;6-,7-,8-;5-,6?,7+,8+,9+;5-,6-,7+,8+;;;;;;;/m0001011......./s1. The largest absolute Gasteiger partial charge is 0.454 e. The second-order valence-corrected chi connectivity index (χ2v) is 35.1. The molecule has 7 saturated heterocycles. The van der Waals surface area contributed by atoms with Crippen LogP contribution in [0.5, 0.6) is 0 Å². The highest BCUT2D eigenvalue weighted by Gasteiger charge is 2.64. The van der Waals surface area contributed by atoms with Gasteiger partial charge in [-0.05, 0) is 187 Å². The van der Waals surface area contributed by atoms with Crippen LogP contribution < -0.4 is 5.73 Å². The number of halogens is 1. The van der Waals surface area contributed by atoms with Gasteiger partial charge in [0, 0.05) is 97.9 Å². The first-order chi connectivity index (χ1) is 64.4. The zero-order valence-corrected chi connectivity index (χ0v) is 89.1. The molecule has 0 bridgehead atoms. The van der Waals surface area contributed by atoms with Gasteiger partial charge in [-0.2, -0.15) is 9.97 Å². The molecule has 786 valence electrons. The van der Waals surface area contributed by atoms with Gasteiger partial charge in [-0.1, -0.05) is 141 Å². The minimum absolute atomic E-state index is 0. The molecule has 2 unspecified atom stereocenters. The van der Waals surface area contributed by atoms with E-state index in [0.717, 1.165) is 44.9 Å². The molecule has 0 aliphatic carbocycles. The number of aldehydes is 1. The van der Waals surface area contributed by atoms with E-state index in [1.807, 2.05) is 48.5 Å². The Morgan fingerprint density at radius 3 is 1.14 bits per heavy atom. The summed E-state index contributed by atoms with van der Waals surface area (Å²) in [5.41, 5.74) is -2.25. The Morgan fingerprint density at radius 1 is 0.496 bits per heavy atom. The van der Waals surface area contributed by atoms with Crippen molar-refractivity contribution in [3.05, 3.63) is 11.5 Å². The van der Waals surface area contributed by atoms with Gasteiger partial charge < -0.3 is 128 Å². The third-order valence-corrected chi connectivity index (χ3v) is 27.4. The van der Waals surface area contributed by atoms with Crippen LogP contribution >= 0.6 is 11.6 Å². The number of hydrogen-bond acceptors (Lipinski definition) is 31. The molecule has 9 heterocycles. The third-order valence-electron chi connectivity index (χ3n) is 27.1. The average molecular weight is 1980 g/mol. The number of ether oxygens (including phenoxy) is 15. The highest BCUT2D eigenvalue weighted by Crippen LogP contribution is 2.55. The Morgan fingerprint density at radius 2 is 0.835 bits per heavy atom. The van der Waals surface area contributed by atoms with Gasteiger partial charge in [0.15, 0.2) is 66.0 Å². The number of aliphatic hydroxyl groups excluding tert-OH is 4. The van der Waals surface area contributed by atoms with Crippen molar-refractivity contribution in [1.82, 2.24) is 19.5 Å². The van der Waals surface area contributed by atoms with Crippen molar-refractivity contribution in [3.63, 3.8) is 0 Å². The molecule has 0 radical (unpaired) electrons. The molecule has 33 heteroatoms. The van der Waals surface area contributed by atoms with Crippen LogP contribution in [0.3, 0.4) is 0 Å². The van der Waals surface area contributed by atoms with Gasteiger partial charge in [-0.15, -0.1) is 62.7 Å². The molecule has 0 spiro atoms. The summed E-state index contributed by atoms with van der Waals surface area (Å²) in [5, 5.41) is 87.1. The molecule has 7 fully saturated rings. The lowest BCUT2D eigenvalue weighted by Crippen LogP contribution is -2.47. The summed E-state index contributed by atoms with van der Waals surface area (Å²) in [5.74, 6) is 34.4. The highest BCUT2D eigenvalue weighted by atomic mass is 35.5. The van der Waals surface area contributed by atoms with E-state index in [-0.39, 0.29) is 103 Å². The van der Waals surface area contributed by atoms with E-state index in [1.54, 1.807) is 108 Å². The molecule has 32 nitrogen and oxygen atoms in total. The van der Waals surface area contributed by atoms with Crippen LogP contribution in [0.4, 0.5) is 5.95 Å². The van der Waals surface area contributed by atoms with Crippen LogP contribution in [0.25, 0.3) is 11.2 Å². The maximum Gasteiger partial charge on any atom is 0.303 e. The number of anilines is 1. The van der Waals surface area contributed by atoms with E-state index < -0.39 is 119 Å². The lowest BCUT2D eigenvalue weighted by Gasteiger charge is -2.35. The molecule has 0 aromatic carbocycles. The van der Waals surface area contributed by atoms with Crippen LogP contribution in [-0.2, 0) is 85.4 Å². The monoisotopic (exact) mass is 1980 g/mol. The number of nitrogens with two attached hydrogens (primary N) is 1. The molecule has 7 aliphatic heterocycles. The molecule has 139 heavy (non-hydrogen) atoms. The topological polar surface area (TPSA) is 441 Å². The highest BCUT2D eigenvalue weighted by molar-refractivity contribution is 6.33. The smallest absolute Gasteiger partial charge is 0.303 e. The average Bonchev–Trinajstić information content (AvgIpc) is 1.56. The first-order valence-electron chi connectivity index (χ1n) is 45.6. The molecule has 2 aromatic heterocycles. The number of nitrogen functional groups attached to an aromatic ring is 1. The summed E-state index contributed by atoms with van der Waals surface area (Å²) in [7, 11) is 9.02. The third kappa shape index (κ3) is 35.8. The first kappa shape index (κ1) is 139. The molecular weight excluding hydrogens is 1810 g/mol. The van der Waals surface area contributed by atoms with Gasteiger partial charge >= 0.3 is 11.9 Å². The molecule has 2 aromatic rings. The van der Waals surface area contributed by atoms with Gasteiger partial charge in [0.25, 0.3) is 0 Å². The number of methoxy groups -OCH3 is 6. The number of fused-ring (bicyclic) bond motifs is 1. The molecule has 0 saturated carbocycles. The second kappa shape index (κ2) is 65.7. The Labute approximate surface area is 837 Å². The Balaban J connectivity index is -0.000000485. The van der Waals surface area contributed by atoms with Crippen molar-refractivity contribution in [2.75, 3.05) is 68.2 Å². The molecule has 0 amide bonds. The zero-order chi connectivity index (χ0) is 108. The van der Waals surface area contributed by atoms with Crippen molar-refractivity contribution < 1.29 is 131 Å². The van der Waals surface area contributed by atoms with Crippen molar-refractivity contribution in [2.24, 2.45) is 47.3 Å². The van der Waals surface area contributed by atoms with E-state index in [1.165, 1.54) is 35.2 Å². The fourth-order valence-electron chi connectivity index (χ4n) is 16.8. The maximum absolute atomic E-state index is 11.9. The van der Waals surface area contributed by atoms with Crippen molar-refractivity contribution in [1.29, 1.82) is 0 Å². The van der Waals surface area contributed by atoms with E-state index in [4.69, 9.17) is 119 Å². The van der Waals surface area contributed by atoms with Crippen LogP contribution in [0.2, 0.25) is 5.15 Å². The van der Waals surface area contributed by atoms with E-state index in [2.05, 4.69) is 185 Å². The van der Waals surface area contributed by atoms with E-state index >= 15 is 0 Å². The van der Waals surface area contributed by atoms with Gasteiger partial charge in [-0.3, -0.25) is 14.2 Å². The van der Waals surface area contributed by atoms with Gasteiger partial charge in [0.2, 0.25) is 5.95 Å². The Kier molecular flexibility index (Phi) is 65.6. The van der Waals surface area contributed by atoms with Crippen molar-refractivity contribution in [2.45, 2.75) is 383 Å². The fraction of sp³-hybridized carbons (Fsp3) is 0.717. The number of rotatable bonds is 22. The van der Waals surface area contributed by atoms with Crippen molar-refractivity contribution in [3.8, 4) is 134 Å². The maximum atomic E-state index is 11.9. The quantitative estimate of drug-likeness (QED) is 0.0226. The number of carbonyl (C=O) groups is 3. The Hall–Kier alpha value is -8.47. The minimum Gasteiger partial charge on any atom is -0.454 e. The second-order valence-electron chi connectivity index (χ2n) is 34.7. The van der Waals surface area contributed by atoms with Crippen LogP contribution in [0, 0.1) is 181 Å². The molecule has 9 rings (SSSR count). The predicted molar refractivity (Wildman–Crippen MR) is 539 cm³/mol. The predicted octanol–water partition coefficient (Wildman–Crippen LogP) is 11.6. The SMILES string of the molecule is C.C#C.C#CC.C#CC#CC.C#CC#CC#C.C#CC#CC#CC.CC#CC.CCC(C)[C@H]1O[C@H](OC)[C@@](C)(O)[C@@H]1C.CCC1(CC)O[C@@H](n2cnc3c(Cl)nc(N)nc32)[C@](C)(OC(C)=O)[C@@H]1C.CCC1(CC)O[C@H](OC)[C@@](C)(O)[C@@H]1C.CCC1(CC)O[C@H](OC)[C@](C)(OC(C)=O)[C@@H]1C.CO[C@H]1OC(CO)(CO)[C@@H](C)[C@]1(C)O.CO[C@H]1O[C@H](C(O)CO)[C@@H](C)[C@]1(C)O.CO[C@H]1O[C@H](C=O)[C@@H](C)[C@]1(C)O. The number of aliphatic hydroxyl groups is 9. The molecular formula is C106H168ClN5O27. The summed E-state index contributed by atoms with van der Waals surface area (Å²) in [6.45, 7) is 52.7. The summed E-state index contributed by atoms with van der Waals surface area (Å²) >= 11 is 6.14. The number of carbonyl (C=O) groups excluding carboxylic acids is 3. The summed E-state index contributed by atoms with van der Waals surface area (Å²) in [6.07, 6.45) is 33.5. The fourth-order valence-corrected chi connectivity index (χ4v) is 17.1. The summed E-state index contributed by atoms with van der Waals surface area (Å²) in [6, 6.07) is 0. The minimum atomic E-state index is -1.21. The van der Waals surface area contributed by atoms with Crippen LogP contribution in [-0.4, -0.2) is 270 Å². The summed E-state index contributed by atoms with van der Waals surface area (Å²) < 4.78 is 83.4. The molecule has 26 atom stereocenters. The van der Waals surface area contributed by atoms with Crippen molar-refractivity contribution >= 4 is 46.9 Å². The zero-order valence-electron chi connectivity index (χ0n) is 88.4. The first-order valence-corrected chi connectivity index (χ1v) is 46.0. The summed E-state index contributed by atoms with van der Waals surface area (Å²) in [4.78, 5) is 46.1. The number of imidazole rings is 1.